The Balaban J connectivity index is 1.91. The maximum Gasteiger partial charge on any atom is 0.167 e. The van der Waals surface area contributed by atoms with Crippen LogP contribution in [0.5, 0.6) is 0 Å². The fourth-order valence-electron chi connectivity index (χ4n) is 2.33. The Morgan fingerprint density at radius 1 is 1.18 bits per heavy atom. The number of hydrogen-bond donors (Lipinski definition) is 0. The second-order valence-corrected chi connectivity index (χ2v) is 5.23. The van der Waals surface area contributed by atoms with Crippen LogP contribution in [0.15, 0.2) is 30.3 Å². The third-order valence-electron chi connectivity index (χ3n) is 3.49. The highest BCUT2D eigenvalue weighted by Gasteiger charge is 2.19. The molecule has 0 amide bonds. The van der Waals surface area contributed by atoms with Gasteiger partial charge in [-0.1, -0.05) is 43.7 Å². The lowest BCUT2D eigenvalue weighted by Crippen LogP contribution is -2.22. The zero-order valence-corrected chi connectivity index (χ0v) is 11.2. The molecule has 0 saturated heterocycles. The Kier molecular flexibility index (Phi) is 4.55. The highest BCUT2D eigenvalue weighted by atomic mass is 32.1. The van der Waals surface area contributed by atoms with E-state index in [0.717, 1.165) is 5.05 Å². The standard InChI is InChI=1S/C15H20OS/c1-12(13-8-4-2-5-9-13)15(17)16-14-10-6-3-7-11-14/h2,4-5,8-9,12,14H,3,6-7,10-11H2,1H3. The van der Waals surface area contributed by atoms with Crippen molar-refractivity contribution in [3.63, 3.8) is 0 Å². The Hall–Kier alpha value is -0.890. The maximum absolute atomic E-state index is 5.94. The molecule has 0 spiro atoms. The van der Waals surface area contributed by atoms with Crippen molar-refractivity contribution in [2.24, 2.45) is 0 Å². The van der Waals surface area contributed by atoms with Crippen LogP contribution in [0.4, 0.5) is 0 Å². The summed E-state index contributed by atoms with van der Waals surface area (Å²) < 4.78 is 5.94. The van der Waals surface area contributed by atoms with Crippen molar-refractivity contribution in [3.05, 3.63) is 35.9 Å². The lowest BCUT2D eigenvalue weighted by Gasteiger charge is -2.25. The molecule has 1 fully saturated rings. The lowest BCUT2D eigenvalue weighted by atomic mass is 9.97. The summed E-state index contributed by atoms with van der Waals surface area (Å²) in [5, 5.41) is 0.753. The predicted octanol–water partition coefficient (Wildman–Crippen LogP) is 4.47. The van der Waals surface area contributed by atoms with E-state index >= 15 is 0 Å². The normalized spacial score (nSPS) is 18.6. The molecule has 2 rings (SSSR count). The molecule has 92 valence electrons. The quantitative estimate of drug-likeness (QED) is 0.730. The Morgan fingerprint density at radius 3 is 2.47 bits per heavy atom. The molecule has 1 atom stereocenters. The molecule has 1 aliphatic rings. The molecule has 0 N–H and O–H groups in total. The van der Waals surface area contributed by atoms with E-state index in [0.29, 0.717) is 6.10 Å². The van der Waals surface area contributed by atoms with Gasteiger partial charge in [0.1, 0.15) is 0 Å². The van der Waals surface area contributed by atoms with Crippen LogP contribution in [-0.2, 0) is 4.74 Å². The SMILES string of the molecule is CC(C(=S)OC1CCCCC1)c1ccccc1. The fourth-order valence-corrected chi connectivity index (χ4v) is 2.60. The van der Waals surface area contributed by atoms with Gasteiger partial charge in [-0.2, -0.15) is 0 Å². The van der Waals surface area contributed by atoms with Crippen molar-refractivity contribution in [2.45, 2.75) is 51.0 Å². The van der Waals surface area contributed by atoms with Gasteiger partial charge in [0.2, 0.25) is 0 Å². The predicted molar refractivity (Wildman–Crippen MR) is 75.4 cm³/mol. The number of benzene rings is 1. The van der Waals surface area contributed by atoms with E-state index in [9.17, 15) is 0 Å². The van der Waals surface area contributed by atoms with Crippen LogP contribution in [0.25, 0.3) is 0 Å². The lowest BCUT2D eigenvalue weighted by molar-refractivity contribution is 0.142. The number of hydrogen-bond acceptors (Lipinski definition) is 2. The third-order valence-corrected chi connectivity index (χ3v) is 3.94. The first-order chi connectivity index (χ1) is 8.27. The Labute approximate surface area is 109 Å². The molecule has 1 aliphatic carbocycles. The topological polar surface area (TPSA) is 9.23 Å². The van der Waals surface area contributed by atoms with Gasteiger partial charge < -0.3 is 4.74 Å². The third kappa shape index (κ3) is 3.53. The van der Waals surface area contributed by atoms with Crippen LogP contribution in [0.2, 0.25) is 0 Å². The van der Waals surface area contributed by atoms with E-state index in [1.165, 1.54) is 37.7 Å². The molecule has 0 heterocycles. The van der Waals surface area contributed by atoms with E-state index < -0.39 is 0 Å². The molecule has 1 unspecified atom stereocenters. The van der Waals surface area contributed by atoms with Gasteiger partial charge in [0.15, 0.2) is 5.05 Å². The molecule has 1 aromatic rings. The number of rotatable bonds is 3. The maximum atomic E-state index is 5.94. The van der Waals surface area contributed by atoms with Gasteiger partial charge in [-0.15, -0.1) is 0 Å². The first-order valence-corrected chi connectivity index (χ1v) is 6.93. The minimum absolute atomic E-state index is 0.216. The molecular weight excluding hydrogens is 228 g/mol. The van der Waals surface area contributed by atoms with E-state index in [2.05, 4.69) is 31.2 Å². The summed E-state index contributed by atoms with van der Waals surface area (Å²) in [6.45, 7) is 2.13. The van der Waals surface area contributed by atoms with Gasteiger partial charge in [-0.25, -0.2) is 0 Å². The summed E-state index contributed by atoms with van der Waals surface area (Å²) in [5.74, 6) is 0.216. The van der Waals surface area contributed by atoms with Gasteiger partial charge in [0, 0.05) is 5.92 Å². The van der Waals surface area contributed by atoms with Gasteiger partial charge in [0.25, 0.3) is 0 Å². The van der Waals surface area contributed by atoms with Crippen molar-refractivity contribution in [3.8, 4) is 0 Å². The van der Waals surface area contributed by atoms with Gasteiger partial charge in [-0.3, -0.25) is 0 Å². The van der Waals surface area contributed by atoms with E-state index in [1.54, 1.807) is 0 Å². The molecule has 1 aromatic carbocycles. The van der Waals surface area contributed by atoms with E-state index in [4.69, 9.17) is 17.0 Å². The minimum atomic E-state index is 0.216. The first-order valence-electron chi connectivity index (χ1n) is 6.53. The van der Waals surface area contributed by atoms with Crippen molar-refractivity contribution in [2.75, 3.05) is 0 Å². The Bertz CT molecular complexity index is 354. The highest BCUT2D eigenvalue weighted by Crippen LogP contribution is 2.24. The van der Waals surface area contributed by atoms with Crippen molar-refractivity contribution < 1.29 is 4.74 Å². The minimum Gasteiger partial charge on any atom is -0.483 e. The van der Waals surface area contributed by atoms with Gasteiger partial charge in [-0.05, 0) is 43.5 Å². The molecule has 0 aliphatic heterocycles. The van der Waals surface area contributed by atoms with Crippen molar-refractivity contribution >= 4 is 17.3 Å². The monoisotopic (exact) mass is 248 g/mol. The second kappa shape index (κ2) is 6.15. The summed E-state index contributed by atoms with van der Waals surface area (Å²) in [7, 11) is 0. The summed E-state index contributed by atoms with van der Waals surface area (Å²) in [6.07, 6.45) is 6.62. The van der Waals surface area contributed by atoms with Crippen molar-refractivity contribution in [1.29, 1.82) is 0 Å². The smallest absolute Gasteiger partial charge is 0.167 e. The van der Waals surface area contributed by atoms with Crippen molar-refractivity contribution in [1.82, 2.24) is 0 Å². The van der Waals surface area contributed by atoms with Crippen LogP contribution >= 0.6 is 12.2 Å². The summed E-state index contributed by atoms with van der Waals surface area (Å²) in [6, 6.07) is 10.4. The molecule has 1 saturated carbocycles. The molecule has 1 nitrogen and oxygen atoms in total. The van der Waals surface area contributed by atoms with Crippen LogP contribution in [0, 0.1) is 0 Å². The fraction of sp³-hybridized carbons (Fsp3) is 0.533. The van der Waals surface area contributed by atoms with E-state index in [-0.39, 0.29) is 5.92 Å². The number of ether oxygens (including phenoxy) is 1. The van der Waals surface area contributed by atoms with Crippen LogP contribution in [-0.4, -0.2) is 11.2 Å². The summed E-state index contributed by atoms with van der Waals surface area (Å²) >= 11 is 5.42. The molecule has 2 heteroatoms. The van der Waals surface area contributed by atoms with Gasteiger partial charge >= 0.3 is 0 Å². The summed E-state index contributed by atoms with van der Waals surface area (Å²) in [5.41, 5.74) is 1.24. The first kappa shape index (κ1) is 12.6. The molecule has 0 bridgehead atoms. The molecular formula is C15H20OS. The van der Waals surface area contributed by atoms with Crippen LogP contribution in [0.3, 0.4) is 0 Å². The van der Waals surface area contributed by atoms with E-state index in [1.807, 2.05) is 6.07 Å². The second-order valence-electron chi connectivity index (χ2n) is 4.83. The highest BCUT2D eigenvalue weighted by molar-refractivity contribution is 7.80. The van der Waals surface area contributed by atoms with Gasteiger partial charge in [0.05, 0.1) is 6.10 Å². The molecule has 0 radical (unpaired) electrons. The zero-order valence-electron chi connectivity index (χ0n) is 10.4. The van der Waals surface area contributed by atoms with Crippen LogP contribution < -0.4 is 0 Å². The summed E-state index contributed by atoms with van der Waals surface area (Å²) in [4.78, 5) is 0. The number of thiocarbonyl (C=S) groups is 1. The zero-order chi connectivity index (χ0) is 12.1. The largest absolute Gasteiger partial charge is 0.483 e. The molecule has 0 aromatic heterocycles. The van der Waals surface area contributed by atoms with Crippen LogP contribution in [0.1, 0.15) is 50.5 Å². The Morgan fingerprint density at radius 2 is 1.82 bits per heavy atom. The average Bonchev–Trinajstić information content (AvgIpc) is 2.40. The molecule has 17 heavy (non-hydrogen) atoms. The average molecular weight is 248 g/mol.